The summed E-state index contributed by atoms with van der Waals surface area (Å²) in [6.45, 7) is 0.145. The lowest BCUT2D eigenvalue weighted by molar-refractivity contribution is -0.138. The predicted octanol–water partition coefficient (Wildman–Crippen LogP) is 0.211. The smallest absolute Gasteiger partial charge is 0.320 e. The first kappa shape index (κ1) is 12.5. The molecule has 20 heavy (non-hydrogen) atoms. The van der Waals surface area contributed by atoms with Crippen molar-refractivity contribution in [1.29, 1.82) is 0 Å². The van der Waals surface area contributed by atoms with Crippen LogP contribution in [0.2, 0.25) is 0 Å². The Bertz CT molecular complexity index is 752. The molecule has 1 aromatic carbocycles. The van der Waals surface area contributed by atoms with Crippen molar-refractivity contribution in [3.63, 3.8) is 0 Å². The molecule has 3 rings (SSSR count). The highest BCUT2D eigenvalue weighted by atomic mass is 16.7. The number of fused-ring (bicyclic) bond motifs is 2. The summed E-state index contributed by atoms with van der Waals surface area (Å²) in [5.74, 6) is 0.0244. The van der Waals surface area contributed by atoms with E-state index in [1.165, 1.54) is 0 Å². The van der Waals surface area contributed by atoms with Gasteiger partial charge in [0.25, 0.3) is 5.56 Å². The average Bonchev–Trinajstić information content (AvgIpc) is 2.84. The van der Waals surface area contributed by atoms with Gasteiger partial charge in [-0.15, -0.1) is 0 Å². The maximum Gasteiger partial charge on any atom is 0.320 e. The molecule has 0 aliphatic carbocycles. The molecule has 0 bridgehead atoms. The van der Waals surface area contributed by atoms with Crippen molar-refractivity contribution >= 4 is 16.9 Å². The fourth-order valence-electron chi connectivity index (χ4n) is 2.12. The van der Waals surface area contributed by atoms with Gasteiger partial charge in [0.1, 0.15) is 6.04 Å². The van der Waals surface area contributed by atoms with Crippen LogP contribution in [0.4, 0.5) is 0 Å². The van der Waals surface area contributed by atoms with Gasteiger partial charge in [0, 0.05) is 23.4 Å². The van der Waals surface area contributed by atoms with E-state index in [2.05, 4.69) is 4.98 Å². The molecule has 2 aromatic rings. The first-order chi connectivity index (χ1) is 9.54. The lowest BCUT2D eigenvalue weighted by Gasteiger charge is -2.07. The number of ether oxygens (including phenoxy) is 2. The van der Waals surface area contributed by atoms with Crippen molar-refractivity contribution in [3.8, 4) is 11.5 Å². The van der Waals surface area contributed by atoms with E-state index in [4.69, 9.17) is 20.3 Å². The highest BCUT2D eigenvalue weighted by Gasteiger charge is 2.17. The second-order valence-electron chi connectivity index (χ2n) is 4.57. The van der Waals surface area contributed by atoms with Gasteiger partial charge in [-0.25, -0.2) is 0 Å². The first-order valence-electron chi connectivity index (χ1n) is 5.98. The summed E-state index contributed by atoms with van der Waals surface area (Å²) < 4.78 is 10.5. The molecule has 104 valence electrons. The SMILES string of the molecule is NC(Cc1cc2cc3c(cc2[nH]c1=O)OCO3)C(=O)O. The quantitative estimate of drug-likeness (QED) is 0.738. The zero-order valence-corrected chi connectivity index (χ0v) is 10.4. The molecule has 0 amide bonds. The molecule has 7 heteroatoms. The first-order valence-corrected chi connectivity index (χ1v) is 5.98. The van der Waals surface area contributed by atoms with Gasteiger partial charge in [0.05, 0.1) is 5.52 Å². The van der Waals surface area contributed by atoms with Crippen molar-refractivity contribution in [1.82, 2.24) is 4.98 Å². The number of nitrogens with two attached hydrogens (primary N) is 1. The second kappa shape index (κ2) is 4.53. The number of nitrogens with one attached hydrogen (secondary N) is 1. The zero-order chi connectivity index (χ0) is 14.3. The minimum Gasteiger partial charge on any atom is -0.480 e. The van der Waals surface area contributed by atoms with Crippen LogP contribution in [-0.4, -0.2) is 28.9 Å². The molecule has 0 spiro atoms. The van der Waals surface area contributed by atoms with Crippen LogP contribution in [0.3, 0.4) is 0 Å². The molecule has 1 aliphatic heterocycles. The van der Waals surface area contributed by atoms with E-state index < -0.39 is 12.0 Å². The number of benzene rings is 1. The standard InChI is InChI=1S/C13H12N2O5/c14-8(13(17)18)2-7-1-6-3-10-11(20-5-19-10)4-9(6)15-12(7)16/h1,3-4,8H,2,5,14H2,(H,15,16)(H,17,18). The molecule has 0 radical (unpaired) electrons. The number of hydrogen-bond acceptors (Lipinski definition) is 5. The molecule has 0 saturated heterocycles. The fourth-order valence-corrected chi connectivity index (χ4v) is 2.12. The monoisotopic (exact) mass is 276 g/mol. The molecule has 0 saturated carbocycles. The van der Waals surface area contributed by atoms with Crippen LogP contribution < -0.4 is 20.8 Å². The van der Waals surface area contributed by atoms with Crippen molar-refractivity contribution in [2.45, 2.75) is 12.5 Å². The third-order valence-corrected chi connectivity index (χ3v) is 3.17. The lowest BCUT2D eigenvalue weighted by Crippen LogP contribution is -2.34. The number of carboxylic acid groups (broad SMARTS) is 1. The Labute approximate surface area is 112 Å². The summed E-state index contributed by atoms with van der Waals surface area (Å²) in [6, 6.07) is 3.94. The Balaban J connectivity index is 2.07. The number of carbonyl (C=O) groups is 1. The Morgan fingerprint density at radius 2 is 2.05 bits per heavy atom. The van der Waals surface area contributed by atoms with E-state index in [1.807, 2.05) is 0 Å². The summed E-state index contributed by atoms with van der Waals surface area (Å²) in [5.41, 5.74) is 6.03. The molecule has 1 aliphatic rings. The largest absolute Gasteiger partial charge is 0.480 e. The van der Waals surface area contributed by atoms with E-state index >= 15 is 0 Å². The highest BCUT2D eigenvalue weighted by Crippen LogP contribution is 2.35. The van der Waals surface area contributed by atoms with Crippen molar-refractivity contribution in [2.75, 3.05) is 6.79 Å². The van der Waals surface area contributed by atoms with Gasteiger partial charge in [0.15, 0.2) is 11.5 Å². The number of aromatic amines is 1. The van der Waals surface area contributed by atoms with Gasteiger partial charge in [-0.3, -0.25) is 9.59 Å². The van der Waals surface area contributed by atoms with Gasteiger partial charge in [-0.1, -0.05) is 0 Å². The maximum absolute atomic E-state index is 11.9. The third-order valence-electron chi connectivity index (χ3n) is 3.17. The molecule has 1 aromatic heterocycles. The molecule has 1 atom stereocenters. The predicted molar refractivity (Wildman–Crippen MR) is 70.0 cm³/mol. The van der Waals surface area contributed by atoms with E-state index in [-0.39, 0.29) is 18.8 Å². The number of H-pyrrole nitrogens is 1. The highest BCUT2D eigenvalue weighted by molar-refractivity contribution is 5.83. The Morgan fingerprint density at radius 3 is 2.75 bits per heavy atom. The van der Waals surface area contributed by atoms with Gasteiger partial charge in [0.2, 0.25) is 6.79 Å². The number of pyridine rings is 1. The maximum atomic E-state index is 11.9. The van der Waals surface area contributed by atoms with Crippen LogP contribution in [0.25, 0.3) is 10.9 Å². The number of aromatic nitrogens is 1. The van der Waals surface area contributed by atoms with Gasteiger partial charge in [-0.2, -0.15) is 0 Å². The fraction of sp³-hybridized carbons (Fsp3) is 0.231. The molecule has 0 fully saturated rings. The van der Waals surface area contributed by atoms with Crippen LogP contribution in [0.1, 0.15) is 5.56 Å². The zero-order valence-electron chi connectivity index (χ0n) is 10.4. The van der Waals surface area contributed by atoms with E-state index in [1.54, 1.807) is 18.2 Å². The van der Waals surface area contributed by atoms with Crippen molar-refractivity contribution in [3.05, 3.63) is 34.1 Å². The molecule has 2 heterocycles. The Kier molecular flexibility index (Phi) is 2.83. The summed E-state index contributed by atoms with van der Waals surface area (Å²) in [5, 5.41) is 9.54. The number of hydrogen-bond donors (Lipinski definition) is 3. The van der Waals surface area contributed by atoms with E-state index in [0.29, 0.717) is 22.6 Å². The summed E-state index contributed by atoms with van der Waals surface area (Å²) in [4.78, 5) is 25.4. The number of carboxylic acids is 1. The van der Waals surface area contributed by atoms with Crippen LogP contribution in [0, 0.1) is 0 Å². The van der Waals surface area contributed by atoms with Crippen molar-refractivity contribution < 1.29 is 19.4 Å². The van der Waals surface area contributed by atoms with Crippen LogP contribution in [0.15, 0.2) is 23.0 Å². The summed E-state index contributed by atoms with van der Waals surface area (Å²) >= 11 is 0. The lowest BCUT2D eigenvalue weighted by atomic mass is 10.1. The van der Waals surface area contributed by atoms with Crippen LogP contribution in [0.5, 0.6) is 11.5 Å². The summed E-state index contributed by atoms with van der Waals surface area (Å²) in [6.07, 6.45) is -0.0327. The minimum atomic E-state index is -1.14. The Hall–Kier alpha value is -2.54. The number of aliphatic carboxylic acids is 1. The van der Waals surface area contributed by atoms with E-state index in [0.717, 1.165) is 5.39 Å². The molecule has 1 unspecified atom stereocenters. The molecular formula is C13H12N2O5. The normalized spacial score (nSPS) is 14.4. The number of rotatable bonds is 3. The average molecular weight is 276 g/mol. The molecule has 4 N–H and O–H groups in total. The van der Waals surface area contributed by atoms with Gasteiger partial charge >= 0.3 is 5.97 Å². The van der Waals surface area contributed by atoms with Crippen LogP contribution >= 0.6 is 0 Å². The minimum absolute atomic E-state index is 0.0327. The van der Waals surface area contributed by atoms with Gasteiger partial charge in [-0.05, 0) is 12.1 Å². The summed E-state index contributed by atoms with van der Waals surface area (Å²) in [7, 11) is 0. The Morgan fingerprint density at radius 1 is 1.35 bits per heavy atom. The third kappa shape index (κ3) is 2.08. The second-order valence-corrected chi connectivity index (χ2v) is 4.57. The molecule has 7 nitrogen and oxygen atoms in total. The molecular weight excluding hydrogens is 264 g/mol. The topological polar surface area (TPSA) is 115 Å². The van der Waals surface area contributed by atoms with E-state index in [9.17, 15) is 9.59 Å². The van der Waals surface area contributed by atoms with Gasteiger partial charge < -0.3 is 25.3 Å². The van der Waals surface area contributed by atoms with Crippen LogP contribution in [-0.2, 0) is 11.2 Å². The van der Waals surface area contributed by atoms with Crippen molar-refractivity contribution in [2.24, 2.45) is 5.73 Å².